The van der Waals surface area contributed by atoms with Crippen LogP contribution in [0.15, 0.2) is 4.52 Å². The summed E-state index contributed by atoms with van der Waals surface area (Å²) in [5, 5.41) is 4.21. The largest absolute Gasteiger partial charge is 0.339 e. The fourth-order valence-electron chi connectivity index (χ4n) is 3.66. The molecular formula is C16H27N3O. The Balaban J connectivity index is 1.57. The molecule has 2 aliphatic carbocycles. The number of hydrogen-bond acceptors (Lipinski definition) is 4. The summed E-state index contributed by atoms with van der Waals surface area (Å²) >= 11 is 0. The van der Waals surface area contributed by atoms with E-state index in [9.17, 15) is 0 Å². The topological polar surface area (TPSA) is 64.9 Å². The molecule has 2 aliphatic rings. The molecule has 0 aliphatic heterocycles. The van der Waals surface area contributed by atoms with Crippen LogP contribution in [0.4, 0.5) is 0 Å². The van der Waals surface area contributed by atoms with Gasteiger partial charge >= 0.3 is 0 Å². The fraction of sp³-hybridized carbons (Fsp3) is 0.875. The summed E-state index contributed by atoms with van der Waals surface area (Å²) in [5.41, 5.74) is 6.18. The van der Waals surface area contributed by atoms with Crippen LogP contribution in [0.5, 0.6) is 0 Å². The van der Waals surface area contributed by atoms with Crippen LogP contribution in [-0.4, -0.2) is 15.7 Å². The van der Waals surface area contributed by atoms with E-state index < -0.39 is 0 Å². The molecule has 0 bridgehead atoms. The first-order chi connectivity index (χ1) is 9.56. The van der Waals surface area contributed by atoms with Crippen molar-refractivity contribution in [2.75, 3.05) is 0 Å². The summed E-state index contributed by atoms with van der Waals surface area (Å²) < 4.78 is 5.42. The summed E-state index contributed by atoms with van der Waals surface area (Å²) in [7, 11) is 0. The third kappa shape index (κ3) is 2.90. The number of hydrogen-bond donors (Lipinski definition) is 1. The Morgan fingerprint density at radius 2 is 1.95 bits per heavy atom. The van der Waals surface area contributed by atoms with Crippen LogP contribution in [0.2, 0.25) is 0 Å². The minimum Gasteiger partial charge on any atom is -0.339 e. The third-order valence-electron chi connectivity index (χ3n) is 5.42. The second-order valence-electron chi connectivity index (χ2n) is 7.29. The molecule has 1 heterocycles. The van der Waals surface area contributed by atoms with Gasteiger partial charge < -0.3 is 10.3 Å². The van der Waals surface area contributed by atoms with Gasteiger partial charge in [-0.3, -0.25) is 0 Å². The van der Waals surface area contributed by atoms with E-state index in [-0.39, 0.29) is 5.54 Å². The van der Waals surface area contributed by atoms with Crippen molar-refractivity contribution in [2.24, 2.45) is 17.6 Å². The minimum atomic E-state index is -0.0703. The van der Waals surface area contributed by atoms with E-state index in [1.807, 2.05) is 0 Å². The predicted molar refractivity (Wildman–Crippen MR) is 78.3 cm³/mol. The quantitative estimate of drug-likeness (QED) is 0.915. The van der Waals surface area contributed by atoms with Gasteiger partial charge in [-0.1, -0.05) is 19.0 Å². The summed E-state index contributed by atoms with van der Waals surface area (Å²) in [6, 6.07) is 0. The summed E-state index contributed by atoms with van der Waals surface area (Å²) in [4.78, 5) is 4.61. The first-order valence-corrected chi connectivity index (χ1v) is 8.17. The lowest BCUT2D eigenvalue weighted by Crippen LogP contribution is -2.48. The predicted octanol–water partition coefficient (Wildman–Crippen LogP) is 3.42. The van der Waals surface area contributed by atoms with E-state index in [1.54, 1.807) is 0 Å². The van der Waals surface area contributed by atoms with E-state index in [2.05, 4.69) is 24.0 Å². The van der Waals surface area contributed by atoms with Gasteiger partial charge in [0.25, 0.3) is 0 Å². The number of rotatable bonds is 4. The average molecular weight is 277 g/mol. The molecule has 2 N–H and O–H groups in total. The first-order valence-electron chi connectivity index (χ1n) is 8.17. The van der Waals surface area contributed by atoms with Gasteiger partial charge in [-0.15, -0.1) is 0 Å². The highest BCUT2D eigenvalue weighted by molar-refractivity contribution is 5.03. The number of nitrogens with zero attached hydrogens (tertiary/aromatic N) is 2. The standard InChI is InChI=1S/C16H27N3O/c1-11(2)12-4-6-13(7-5-12)15-18-14(20-19-15)10-16(17)8-3-9-16/h11-13H,3-10,17H2,1-2H3. The van der Waals surface area contributed by atoms with E-state index >= 15 is 0 Å². The normalized spacial score (nSPS) is 29.4. The van der Waals surface area contributed by atoms with Gasteiger partial charge in [0, 0.05) is 17.9 Å². The SMILES string of the molecule is CC(C)C1CCC(c2noc(CC3(N)CCC3)n2)CC1. The third-order valence-corrected chi connectivity index (χ3v) is 5.42. The highest BCUT2D eigenvalue weighted by Gasteiger charge is 2.35. The van der Waals surface area contributed by atoms with Crippen LogP contribution in [-0.2, 0) is 6.42 Å². The highest BCUT2D eigenvalue weighted by Crippen LogP contribution is 2.38. The van der Waals surface area contributed by atoms with Crippen molar-refractivity contribution in [3.8, 4) is 0 Å². The maximum atomic E-state index is 6.25. The lowest BCUT2D eigenvalue weighted by Gasteiger charge is -2.36. The Kier molecular flexibility index (Phi) is 3.85. The number of aromatic nitrogens is 2. The van der Waals surface area contributed by atoms with Crippen LogP contribution in [0.25, 0.3) is 0 Å². The van der Waals surface area contributed by atoms with Gasteiger partial charge in [0.15, 0.2) is 5.82 Å². The maximum Gasteiger partial charge on any atom is 0.228 e. The smallest absolute Gasteiger partial charge is 0.228 e. The van der Waals surface area contributed by atoms with Crippen LogP contribution >= 0.6 is 0 Å². The second-order valence-corrected chi connectivity index (χ2v) is 7.29. The molecule has 0 spiro atoms. The van der Waals surface area contributed by atoms with Gasteiger partial charge in [0.05, 0.1) is 0 Å². The minimum absolute atomic E-state index is 0.0703. The van der Waals surface area contributed by atoms with E-state index in [0.29, 0.717) is 5.92 Å². The molecule has 0 radical (unpaired) electrons. The summed E-state index contributed by atoms with van der Waals surface area (Å²) in [6.07, 6.45) is 9.16. The Morgan fingerprint density at radius 3 is 2.50 bits per heavy atom. The van der Waals surface area contributed by atoms with Crippen molar-refractivity contribution in [1.29, 1.82) is 0 Å². The van der Waals surface area contributed by atoms with Crippen molar-refractivity contribution < 1.29 is 4.52 Å². The van der Waals surface area contributed by atoms with Crippen molar-refractivity contribution >= 4 is 0 Å². The van der Waals surface area contributed by atoms with Crippen molar-refractivity contribution in [1.82, 2.24) is 10.1 Å². The van der Waals surface area contributed by atoms with Crippen LogP contribution in [0.3, 0.4) is 0 Å². The van der Waals surface area contributed by atoms with Gasteiger partial charge in [-0.25, -0.2) is 0 Å². The zero-order valence-electron chi connectivity index (χ0n) is 12.8. The maximum absolute atomic E-state index is 6.25. The van der Waals surface area contributed by atoms with Crippen LogP contribution in [0.1, 0.15) is 76.4 Å². The van der Waals surface area contributed by atoms with Gasteiger partial charge in [0.2, 0.25) is 5.89 Å². The second kappa shape index (κ2) is 5.47. The Labute approximate surface area is 121 Å². The van der Waals surface area contributed by atoms with E-state index in [0.717, 1.165) is 42.8 Å². The lowest BCUT2D eigenvalue weighted by atomic mass is 9.75. The molecule has 2 fully saturated rings. The molecule has 1 aromatic rings. The van der Waals surface area contributed by atoms with Crippen molar-refractivity contribution in [3.05, 3.63) is 11.7 Å². The zero-order chi connectivity index (χ0) is 14.2. The van der Waals surface area contributed by atoms with Gasteiger partial charge in [-0.2, -0.15) is 4.98 Å². The zero-order valence-corrected chi connectivity index (χ0v) is 12.8. The molecule has 0 aromatic carbocycles. The average Bonchev–Trinajstić information content (AvgIpc) is 2.85. The molecule has 2 saturated carbocycles. The van der Waals surface area contributed by atoms with Gasteiger partial charge in [0.1, 0.15) is 0 Å². The van der Waals surface area contributed by atoms with E-state index in [1.165, 1.54) is 32.1 Å². The lowest BCUT2D eigenvalue weighted by molar-refractivity contribution is 0.221. The Bertz CT molecular complexity index is 442. The molecular weight excluding hydrogens is 250 g/mol. The van der Waals surface area contributed by atoms with Crippen LogP contribution < -0.4 is 5.73 Å². The summed E-state index contributed by atoms with van der Waals surface area (Å²) in [6.45, 7) is 4.66. The molecule has 4 heteroatoms. The summed E-state index contributed by atoms with van der Waals surface area (Å²) in [5.74, 6) is 3.84. The highest BCUT2D eigenvalue weighted by atomic mass is 16.5. The monoisotopic (exact) mass is 277 g/mol. The molecule has 3 rings (SSSR count). The Morgan fingerprint density at radius 1 is 1.25 bits per heavy atom. The molecule has 0 saturated heterocycles. The molecule has 1 aromatic heterocycles. The molecule has 0 amide bonds. The molecule has 0 unspecified atom stereocenters. The van der Waals surface area contributed by atoms with Gasteiger partial charge in [-0.05, 0) is 56.8 Å². The Hall–Kier alpha value is -0.900. The molecule has 4 nitrogen and oxygen atoms in total. The first kappa shape index (κ1) is 14.1. The molecule has 112 valence electrons. The van der Waals surface area contributed by atoms with Crippen molar-refractivity contribution in [3.63, 3.8) is 0 Å². The van der Waals surface area contributed by atoms with Crippen molar-refractivity contribution in [2.45, 2.75) is 76.7 Å². The fourth-order valence-corrected chi connectivity index (χ4v) is 3.66. The van der Waals surface area contributed by atoms with Crippen LogP contribution in [0, 0.1) is 11.8 Å². The van der Waals surface area contributed by atoms with E-state index in [4.69, 9.17) is 10.3 Å². The molecule has 0 atom stereocenters. The number of nitrogens with two attached hydrogens (primary N) is 1. The molecule has 20 heavy (non-hydrogen) atoms.